The highest BCUT2D eigenvalue weighted by Crippen LogP contribution is 2.24. The van der Waals surface area contributed by atoms with Gasteiger partial charge in [0.05, 0.1) is 11.1 Å². The molecule has 72 valence electrons. The van der Waals surface area contributed by atoms with Gasteiger partial charge < -0.3 is 9.62 Å². The summed E-state index contributed by atoms with van der Waals surface area (Å²) < 4.78 is 4.36. The Morgan fingerprint density at radius 2 is 1.86 bits per heavy atom. The predicted octanol–water partition coefficient (Wildman–Crippen LogP) is 0.181. The second-order valence-electron chi connectivity index (χ2n) is 2.56. The molecule has 1 aromatic rings. The number of carbonyl (C=O) groups is 2. The Morgan fingerprint density at radius 3 is 2.57 bits per heavy atom. The standard InChI is InChI=1S/C8H5NO5/c9-14-13-4-1-2-5-6(3-4)8(11)12-7(5)10/h1-3H,9H2. The maximum atomic E-state index is 11.1. The van der Waals surface area contributed by atoms with E-state index < -0.39 is 11.9 Å². The number of fused-ring (bicyclic) bond motifs is 1. The molecular weight excluding hydrogens is 190 g/mol. The van der Waals surface area contributed by atoms with Crippen molar-refractivity contribution in [2.24, 2.45) is 5.90 Å². The number of nitrogens with two attached hydrogens (primary N) is 1. The zero-order chi connectivity index (χ0) is 10.1. The Morgan fingerprint density at radius 1 is 1.14 bits per heavy atom. The van der Waals surface area contributed by atoms with Crippen molar-refractivity contribution in [3.05, 3.63) is 29.3 Å². The molecule has 0 aromatic heterocycles. The third kappa shape index (κ3) is 1.22. The van der Waals surface area contributed by atoms with Crippen LogP contribution >= 0.6 is 0 Å². The number of esters is 2. The topological polar surface area (TPSA) is 87.8 Å². The molecule has 1 aromatic carbocycles. The smallest absolute Gasteiger partial charge is 0.347 e. The van der Waals surface area contributed by atoms with E-state index in [9.17, 15) is 9.59 Å². The van der Waals surface area contributed by atoms with Crippen LogP contribution in [0.3, 0.4) is 0 Å². The van der Waals surface area contributed by atoms with Crippen LogP contribution in [-0.4, -0.2) is 11.9 Å². The molecule has 1 aliphatic rings. The van der Waals surface area contributed by atoms with Gasteiger partial charge in [0, 0.05) is 0 Å². The third-order valence-electron chi connectivity index (χ3n) is 1.76. The number of benzene rings is 1. The Labute approximate surface area is 78.0 Å². The molecule has 0 saturated carbocycles. The highest BCUT2D eigenvalue weighted by atomic mass is 17.3. The van der Waals surface area contributed by atoms with Crippen molar-refractivity contribution in [2.75, 3.05) is 0 Å². The maximum Gasteiger partial charge on any atom is 0.347 e. The summed E-state index contributed by atoms with van der Waals surface area (Å²) in [6, 6.07) is 4.15. The molecule has 2 rings (SSSR count). The Balaban J connectivity index is 2.44. The van der Waals surface area contributed by atoms with Gasteiger partial charge in [-0.1, -0.05) is 4.99 Å². The highest BCUT2D eigenvalue weighted by Gasteiger charge is 2.29. The predicted molar refractivity (Wildman–Crippen MR) is 42.1 cm³/mol. The van der Waals surface area contributed by atoms with Crippen molar-refractivity contribution in [3.8, 4) is 5.75 Å². The summed E-state index contributed by atoms with van der Waals surface area (Å²) in [4.78, 5) is 30.5. The SMILES string of the molecule is NOOc1ccc2c(c1)C(=O)OC2=O. The van der Waals surface area contributed by atoms with Crippen LogP contribution in [0.4, 0.5) is 0 Å². The molecule has 1 heterocycles. The third-order valence-corrected chi connectivity index (χ3v) is 1.76. The van der Waals surface area contributed by atoms with E-state index in [1.807, 2.05) is 0 Å². The normalized spacial score (nSPS) is 13.8. The molecule has 14 heavy (non-hydrogen) atoms. The molecule has 0 radical (unpaired) electrons. The minimum absolute atomic E-state index is 0.143. The van der Waals surface area contributed by atoms with Crippen molar-refractivity contribution >= 4 is 11.9 Å². The summed E-state index contributed by atoms with van der Waals surface area (Å²) in [7, 11) is 0. The average molecular weight is 195 g/mol. The van der Waals surface area contributed by atoms with Gasteiger partial charge >= 0.3 is 11.9 Å². The Hall–Kier alpha value is -1.92. The Kier molecular flexibility index (Phi) is 1.91. The minimum Gasteiger partial charge on any atom is -0.386 e. The lowest BCUT2D eigenvalue weighted by Crippen LogP contribution is -2.04. The van der Waals surface area contributed by atoms with Crippen LogP contribution in [0, 0.1) is 0 Å². The van der Waals surface area contributed by atoms with Crippen LogP contribution in [0.5, 0.6) is 5.75 Å². The van der Waals surface area contributed by atoms with Gasteiger partial charge in [0.25, 0.3) is 0 Å². The fraction of sp³-hybridized carbons (Fsp3) is 0. The second kappa shape index (κ2) is 3.09. The molecule has 0 amide bonds. The molecule has 0 aliphatic carbocycles. The van der Waals surface area contributed by atoms with E-state index >= 15 is 0 Å². The van der Waals surface area contributed by atoms with E-state index in [-0.39, 0.29) is 16.9 Å². The molecule has 0 spiro atoms. The molecule has 0 unspecified atom stereocenters. The number of hydrogen-bond acceptors (Lipinski definition) is 6. The first-order valence-electron chi connectivity index (χ1n) is 3.66. The number of rotatable bonds is 2. The first-order chi connectivity index (χ1) is 6.72. The minimum atomic E-state index is -0.701. The van der Waals surface area contributed by atoms with Gasteiger partial charge in [0.1, 0.15) is 0 Å². The van der Waals surface area contributed by atoms with E-state index in [2.05, 4.69) is 20.5 Å². The van der Waals surface area contributed by atoms with Gasteiger partial charge in [-0.3, -0.25) is 0 Å². The first kappa shape index (κ1) is 8.67. The lowest BCUT2D eigenvalue weighted by atomic mass is 10.1. The van der Waals surface area contributed by atoms with Crippen molar-refractivity contribution in [2.45, 2.75) is 0 Å². The Bertz CT molecular complexity index is 414. The van der Waals surface area contributed by atoms with Crippen LogP contribution in [0.25, 0.3) is 0 Å². The summed E-state index contributed by atoms with van der Waals surface area (Å²) in [6.07, 6.45) is 0. The average Bonchev–Trinajstić information content (AvgIpc) is 2.43. The number of ether oxygens (including phenoxy) is 1. The van der Waals surface area contributed by atoms with Crippen LogP contribution in [0.1, 0.15) is 20.7 Å². The van der Waals surface area contributed by atoms with E-state index in [1.54, 1.807) is 0 Å². The molecule has 1 aliphatic heterocycles. The maximum absolute atomic E-state index is 11.1. The highest BCUT2D eigenvalue weighted by molar-refractivity contribution is 6.14. The zero-order valence-electron chi connectivity index (χ0n) is 6.85. The fourth-order valence-corrected chi connectivity index (χ4v) is 1.17. The number of cyclic esters (lactones) is 2. The molecular formula is C8H5NO5. The van der Waals surface area contributed by atoms with Crippen molar-refractivity contribution in [1.82, 2.24) is 0 Å². The largest absolute Gasteiger partial charge is 0.386 e. The summed E-state index contributed by atoms with van der Waals surface area (Å²) in [5, 5.41) is 0. The number of hydrogen-bond donors (Lipinski definition) is 1. The van der Waals surface area contributed by atoms with Crippen molar-refractivity contribution < 1.29 is 24.2 Å². The van der Waals surface area contributed by atoms with E-state index in [1.165, 1.54) is 18.2 Å². The molecule has 2 N–H and O–H groups in total. The van der Waals surface area contributed by atoms with Gasteiger partial charge in [-0.25, -0.2) is 9.59 Å². The van der Waals surface area contributed by atoms with Crippen molar-refractivity contribution in [1.29, 1.82) is 0 Å². The molecule has 0 bridgehead atoms. The van der Waals surface area contributed by atoms with Gasteiger partial charge in [-0.15, -0.1) is 0 Å². The van der Waals surface area contributed by atoms with E-state index in [0.717, 1.165) is 0 Å². The van der Waals surface area contributed by atoms with Crippen LogP contribution in [0.2, 0.25) is 0 Å². The molecule has 6 nitrogen and oxygen atoms in total. The van der Waals surface area contributed by atoms with E-state index in [4.69, 9.17) is 0 Å². The van der Waals surface area contributed by atoms with Crippen LogP contribution < -0.4 is 10.8 Å². The molecule has 0 fully saturated rings. The first-order valence-corrected chi connectivity index (χ1v) is 3.66. The fourth-order valence-electron chi connectivity index (χ4n) is 1.17. The van der Waals surface area contributed by atoms with E-state index in [0.29, 0.717) is 0 Å². The summed E-state index contributed by atoms with van der Waals surface area (Å²) in [5.41, 5.74) is 0.351. The monoisotopic (exact) mass is 195 g/mol. The molecule has 0 atom stereocenters. The van der Waals surface area contributed by atoms with Gasteiger partial charge in [-0.2, -0.15) is 5.90 Å². The van der Waals surface area contributed by atoms with Crippen LogP contribution in [0.15, 0.2) is 18.2 Å². The summed E-state index contributed by atoms with van der Waals surface area (Å²) in [5.74, 6) is 3.52. The van der Waals surface area contributed by atoms with Gasteiger partial charge in [0.15, 0.2) is 5.75 Å². The van der Waals surface area contributed by atoms with Crippen LogP contribution in [-0.2, 0) is 9.73 Å². The summed E-state index contributed by atoms with van der Waals surface area (Å²) in [6.45, 7) is 0. The quantitative estimate of drug-likeness (QED) is 0.313. The lowest BCUT2D eigenvalue weighted by molar-refractivity contribution is -0.211. The van der Waals surface area contributed by atoms with Gasteiger partial charge in [-0.05, 0) is 18.2 Å². The zero-order valence-corrected chi connectivity index (χ0v) is 6.85. The van der Waals surface area contributed by atoms with Crippen molar-refractivity contribution in [3.63, 3.8) is 0 Å². The lowest BCUT2D eigenvalue weighted by Gasteiger charge is -1.99. The molecule has 0 saturated heterocycles. The molecule has 6 heteroatoms. The second-order valence-corrected chi connectivity index (χ2v) is 2.56. The number of carbonyl (C=O) groups excluding carboxylic acids is 2. The van der Waals surface area contributed by atoms with Gasteiger partial charge in [0.2, 0.25) is 0 Å². The summed E-state index contributed by atoms with van der Waals surface area (Å²) >= 11 is 0.